The number of rotatable bonds is 16. The SMILES string of the molecule is CC.CCC.Cc1oc(=O)oc1CN(C)CC(=O)NC(C=O)CN(CCC1CCC(C(=O)NCc2ccc(F)cc2)N1C)SC1CC1. The molecule has 0 bridgehead atoms. The second kappa shape index (κ2) is 21.1. The molecule has 3 unspecified atom stereocenters. The van der Waals surface area contributed by atoms with Crippen molar-refractivity contribution in [2.24, 2.45) is 0 Å². The maximum atomic E-state index is 13.1. The Hall–Kier alpha value is -3.00. The number of aldehydes is 1. The summed E-state index contributed by atoms with van der Waals surface area (Å²) in [6.45, 7) is 11.6. The molecule has 2 aromatic rings. The molecule has 2 amide bonds. The van der Waals surface area contributed by atoms with Crippen LogP contribution in [0.5, 0.6) is 0 Å². The zero-order valence-corrected chi connectivity index (χ0v) is 29.9. The summed E-state index contributed by atoms with van der Waals surface area (Å²) in [5.41, 5.74) is 0.847. The minimum atomic E-state index is -0.779. The minimum Gasteiger partial charge on any atom is -0.396 e. The molecule has 1 saturated carbocycles. The van der Waals surface area contributed by atoms with Gasteiger partial charge in [-0.05, 0) is 70.8 Å². The highest BCUT2D eigenvalue weighted by atomic mass is 32.2. The van der Waals surface area contributed by atoms with Crippen LogP contribution >= 0.6 is 11.9 Å². The Morgan fingerprint density at radius 2 is 1.79 bits per heavy atom. The fourth-order valence-electron chi connectivity index (χ4n) is 5.11. The van der Waals surface area contributed by atoms with Crippen LogP contribution in [-0.2, 0) is 27.5 Å². The number of nitrogens with one attached hydrogen (secondary N) is 2. The summed E-state index contributed by atoms with van der Waals surface area (Å²) in [7, 11) is 3.69. The summed E-state index contributed by atoms with van der Waals surface area (Å²) in [6, 6.07) is 5.43. The molecule has 1 aliphatic carbocycles. The zero-order chi connectivity index (χ0) is 34.9. The van der Waals surface area contributed by atoms with Crippen LogP contribution in [0.4, 0.5) is 4.39 Å². The summed E-state index contributed by atoms with van der Waals surface area (Å²) in [4.78, 5) is 52.5. The van der Waals surface area contributed by atoms with Gasteiger partial charge in [-0.2, -0.15) is 0 Å². The van der Waals surface area contributed by atoms with Crippen molar-refractivity contribution in [3.05, 3.63) is 57.8 Å². The van der Waals surface area contributed by atoms with Crippen molar-refractivity contribution in [2.75, 3.05) is 33.7 Å². The predicted octanol–water partition coefficient (Wildman–Crippen LogP) is 4.52. The Bertz CT molecular complexity index is 1280. The van der Waals surface area contributed by atoms with Gasteiger partial charge >= 0.3 is 5.82 Å². The molecule has 2 N–H and O–H groups in total. The van der Waals surface area contributed by atoms with Crippen molar-refractivity contribution >= 4 is 30.0 Å². The summed E-state index contributed by atoms with van der Waals surface area (Å²) < 4.78 is 25.2. The van der Waals surface area contributed by atoms with Crippen molar-refractivity contribution in [1.82, 2.24) is 24.7 Å². The van der Waals surface area contributed by atoms with Gasteiger partial charge in [-0.3, -0.25) is 19.4 Å². The summed E-state index contributed by atoms with van der Waals surface area (Å²) in [6.07, 6.45) is 6.76. The van der Waals surface area contributed by atoms with Gasteiger partial charge in [0.2, 0.25) is 11.8 Å². The number of hydrogen-bond acceptors (Lipinski definition) is 10. The summed E-state index contributed by atoms with van der Waals surface area (Å²) in [5.74, 6) is -0.694. The number of carbonyl (C=O) groups excluding carboxylic acids is 3. The molecular formula is C34H54FN5O6S. The lowest BCUT2D eigenvalue weighted by molar-refractivity contribution is -0.125. The van der Waals surface area contributed by atoms with E-state index in [4.69, 9.17) is 8.83 Å². The van der Waals surface area contributed by atoms with Crippen molar-refractivity contribution in [1.29, 1.82) is 0 Å². The van der Waals surface area contributed by atoms with Crippen molar-refractivity contribution < 1.29 is 27.6 Å². The number of benzene rings is 1. The van der Waals surface area contributed by atoms with Crippen LogP contribution in [-0.4, -0.2) is 89.3 Å². The van der Waals surface area contributed by atoms with E-state index in [1.807, 2.05) is 20.9 Å². The molecule has 264 valence electrons. The van der Waals surface area contributed by atoms with Gasteiger partial charge in [-0.25, -0.2) is 13.5 Å². The maximum Gasteiger partial charge on any atom is 0.519 e. The van der Waals surface area contributed by atoms with Crippen molar-refractivity contribution in [2.45, 2.75) is 110 Å². The molecule has 3 atom stereocenters. The Balaban J connectivity index is 0.00000145. The van der Waals surface area contributed by atoms with Crippen LogP contribution in [0, 0.1) is 12.7 Å². The molecular weight excluding hydrogens is 625 g/mol. The quantitative estimate of drug-likeness (QED) is 0.193. The molecule has 1 aliphatic heterocycles. The highest BCUT2D eigenvalue weighted by molar-refractivity contribution is 7.97. The summed E-state index contributed by atoms with van der Waals surface area (Å²) >= 11 is 1.74. The number of nitrogens with zero attached hydrogens (tertiary/aromatic N) is 3. The minimum absolute atomic E-state index is 0.0198. The number of hydrogen-bond donors (Lipinski definition) is 2. The molecule has 2 fully saturated rings. The summed E-state index contributed by atoms with van der Waals surface area (Å²) in [5, 5.41) is 6.31. The standard InChI is InChI=1S/C29H40FN5O6S.C3H8.C2H6/c1-19-26(41-29(39)40-19)16-33(2)17-27(37)32-22(18-36)15-35(42-24-9-10-24)13-12-23-8-11-25(34(23)3)28(38)31-14-20-4-6-21(30)7-5-20;1-3-2;1-2/h4-7,18,22-25H,8-17H2,1-3H3,(H,31,38)(H,32,37);3H2,1-2H3;1-2H3. The molecule has 13 heteroatoms. The third-order valence-electron chi connectivity index (χ3n) is 7.63. The van der Waals surface area contributed by atoms with Crippen LogP contribution < -0.4 is 16.5 Å². The normalized spacial score (nSPS) is 18.2. The van der Waals surface area contributed by atoms with E-state index in [2.05, 4.69) is 33.7 Å². The monoisotopic (exact) mass is 679 g/mol. The largest absolute Gasteiger partial charge is 0.519 e. The van der Waals surface area contributed by atoms with E-state index in [1.54, 1.807) is 43.0 Å². The van der Waals surface area contributed by atoms with Gasteiger partial charge in [0.25, 0.3) is 0 Å². The average molecular weight is 680 g/mol. The first-order chi connectivity index (χ1) is 22.5. The van der Waals surface area contributed by atoms with E-state index >= 15 is 0 Å². The van der Waals surface area contributed by atoms with Gasteiger partial charge in [0.05, 0.1) is 25.2 Å². The van der Waals surface area contributed by atoms with Crippen LogP contribution in [0.25, 0.3) is 0 Å². The Kier molecular flexibility index (Phi) is 18.0. The smallest absolute Gasteiger partial charge is 0.396 e. The van der Waals surface area contributed by atoms with Gasteiger partial charge < -0.3 is 24.3 Å². The zero-order valence-electron chi connectivity index (χ0n) is 29.1. The van der Waals surface area contributed by atoms with E-state index in [0.717, 1.165) is 50.5 Å². The molecule has 0 spiro atoms. The van der Waals surface area contributed by atoms with E-state index in [1.165, 1.54) is 18.6 Å². The Morgan fingerprint density at radius 3 is 2.36 bits per heavy atom. The van der Waals surface area contributed by atoms with Gasteiger partial charge in [-0.15, -0.1) is 0 Å². The first kappa shape index (κ1) is 40.2. The maximum absolute atomic E-state index is 13.1. The molecule has 1 saturated heterocycles. The molecule has 47 heavy (non-hydrogen) atoms. The van der Waals surface area contributed by atoms with Gasteiger partial charge in [-0.1, -0.05) is 58.2 Å². The number of likely N-dealkylation sites (N-methyl/N-ethyl adjacent to an activating group) is 2. The highest BCUT2D eigenvalue weighted by Gasteiger charge is 2.35. The number of carbonyl (C=O) groups is 3. The van der Waals surface area contributed by atoms with E-state index < -0.39 is 11.9 Å². The number of aryl methyl sites for hydroxylation is 1. The lowest BCUT2D eigenvalue weighted by Crippen LogP contribution is -2.47. The van der Waals surface area contributed by atoms with Gasteiger partial charge in [0, 0.05) is 30.9 Å². The number of likely N-dealkylation sites (tertiary alicyclic amines) is 1. The fraction of sp³-hybridized carbons (Fsp3) is 0.647. The van der Waals surface area contributed by atoms with Crippen LogP contribution in [0.3, 0.4) is 0 Å². The highest BCUT2D eigenvalue weighted by Crippen LogP contribution is 2.37. The first-order valence-corrected chi connectivity index (χ1v) is 17.5. The molecule has 11 nitrogen and oxygen atoms in total. The third kappa shape index (κ3) is 14.3. The van der Waals surface area contributed by atoms with Gasteiger partial charge in [0.15, 0.2) is 5.76 Å². The fourth-order valence-corrected chi connectivity index (χ4v) is 6.34. The van der Waals surface area contributed by atoms with Crippen molar-refractivity contribution in [3.63, 3.8) is 0 Å². The second-order valence-electron chi connectivity index (χ2n) is 11.9. The lowest BCUT2D eigenvalue weighted by Gasteiger charge is -2.29. The molecule has 4 rings (SSSR count). The number of halogens is 1. The molecule has 0 radical (unpaired) electrons. The van der Waals surface area contributed by atoms with E-state index in [9.17, 15) is 23.6 Å². The molecule has 2 aliphatic rings. The average Bonchev–Trinajstić information content (AvgIpc) is 3.70. The van der Waals surface area contributed by atoms with Gasteiger partial charge in [0.1, 0.15) is 17.9 Å². The molecule has 2 heterocycles. The topological polar surface area (TPSA) is 128 Å². The van der Waals surface area contributed by atoms with E-state index in [0.29, 0.717) is 29.9 Å². The third-order valence-corrected chi connectivity index (χ3v) is 9.03. The lowest BCUT2D eigenvalue weighted by atomic mass is 10.1. The van der Waals surface area contributed by atoms with E-state index in [-0.39, 0.29) is 42.8 Å². The Morgan fingerprint density at radius 1 is 1.13 bits per heavy atom. The first-order valence-electron chi connectivity index (χ1n) is 16.7. The Labute approximate surface area is 283 Å². The van der Waals surface area contributed by atoms with Crippen LogP contribution in [0.2, 0.25) is 0 Å². The van der Waals surface area contributed by atoms with Crippen LogP contribution in [0.1, 0.15) is 83.3 Å². The van der Waals surface area contributed by atoms with Crippen molar-refractivity contribution in [3.8, 4) is 0 Å². The number of amides is 2. The van der Waals surface area contributed by atoms with Crippen LogP contribution in [0.15, 0.2) is 37.9 Å². The predicted molar refractivity (Wildman–Crippen MR) is 183 cm³/mol. The second-order valence-corrected chi connectivity index (χ2v) is 13.3. The molecule has 1 aromatic heterocycles. The molecule has 1 aromatic carbocycles.